The number of rotatable bonds is 33. The van der Waals surface area contributed by atoms with Crippen molar-refractivity contribution in [2.24, 2.45) is 11.5 Å². The number of nitrogens with zero attached hydrogens (tertiary/aromatic N) is 2. The SMILES string of the molecule is CN1C(=O)[C@@H](Cc2ccc(O)cc2)NC(=O)CNC(=O)[C@H](Cc2ccc3ccccc3c2)NC(=O)[C@H](CCCNC(=N)N)NC(=O)[C@H]1CCCNC(=O)CCCCCCCCC(=O)NCCC[C@@H]1C(=O)N[C@@H](CCCNC(=N)N)C(=O)N[C@@H](Cc2ccc3ccccc3c2)C(=O)NCC(=O)N[C@H](Cc2ccc(O)cc2)C(=O)N1C. The number of phenols is 2. The van der Waals surface area contributed by atoms with Crippen LogP contribution < -0.4 is 75.3 Å². The number of fused-ring (bicyclic) bond motifs is 2. The molecule has 0 aliphatic carbocycles. The molecule has 610 valence electrons. The van der Waals surface area contributed by atoms with Gasteiger partial charge in [0.2, 0.25) is 70.9 Å². The molecule has 114 heavy (non-hydrogen) atoms. The fourth-order valence-corrected chi connectivity index (χ4v) is 13.8. The highest BCUT2D eigenvalue weighted by Gasteiger charge is 2.38. The molecule has 0 unspecified atom stereocenters. The summed E-state index contributed by atoms with van der Waals surface area (Å²) in [5, 5.41) is 72.2. The second-order valence-electron chi connectivity index (χ2n) is 28.9. The number of likely N-dealkylation sites (N-methyl/N-ethyl adjacent to an activating group) is 2. The molecule has 2 aliphatic rings. The monoisotopic (exact) mass is 1570 g/mol. The van der Waals surface area contributed by atoms with Gasteiger partial charge in [-0.15, -0.1) is 0 Å². The van der Waals surface area contributed by atoms with Gasteiger partial charge < -0.3 is 95.3 Å². The largest absolute Gasteiger partial charge is 0.508 e. The molecule has 0 spiro atoms. The Labute approximate surface area is 662 Å². The van der Waals surface area contributed by atoms with Gasteiger partial charge in [-0.3, -0.25) is 68.4 Å². The van der Waals surface area contributed by atoms with Crippen molar-refractivity contribution in [3.63, 3.8) is 0 Å². The Kier molecular flexibility index (Phi) is 34.1. The molecular formula is C82H108N18O14. The molecule has 2 aliphatic heterocycles. The van der Waals surface area contributed by atoms with Crippen LogP contribution in [-0.2, 0) is 83.2 Å². The summed E-state index contributed by atoms with van der Waals surface area (Å²) in [6.45, 7) is -0.588. The molecule has 20 N–H and O–H groups in total. The average molecular weight is 1570 g/mol. The van der Waals surface area contributed by atoms with E-state index in [0.29, 0.717) is 47.9 Å². The van der Waals surface area contributed by atoms with Gasteiger partial charge in [0.15, 0.2) is 11.9 Å². The summed E-state index contributed by atoms with van der Waals surface area (Å²) in [6.07, 6.45) is 5.26. The van der Waals surface area contributed by atoms with Crippen LogP contribution in [0.15, 0.2) is 133 Å². The van der Waals surface area contributed by atoms with Crippen LogP contribution in [0.4, 0.5) is 0 Å². The minimum absolute atomic E-state index is 0.00251. The first-order chi connectivity index (χ1) is 54.8. The second kappa shape index (κ2) is 44.6. The second-order valence-corrected chi connectivity index (χ2v) is 28.9. The van der Waals surface area contributed by atoms with Crippen LogP contribution in [0.5, 0.6) is 11.5 Å². The molecule has 6 aromatic carbocycles. The fraction of sp³-hybridized carbons (Fsp3) is 0.439. The standard InChI is InChI=1S/C82H108N18O14/c1-99-67(77(111)95-61(21-13-41-89-81(83)84)75(109)97-63(47-53-27-33-55-17-9-11-19-57(55)43-53)73(107)91-49-71(105)93-65(79(99)113)45-51-29-35-59(101)36-30-51)23-15-39-87-69(103)25-7-5-3-4-6-8-26-70(104)88-40-16-24-68-78(112)96-62(22-14-42-90-82(85)86)76(110)98-64(48-54-28-34-56-18-10-12-20-58(56)44-54)74(108)92-50-72(106)94-66(80(114)100(68)2)46-52-31-37-60(102)38-32-52/h9-12,17-20,27-38,43-44,61-68,101-102H,3-8,13-16,21-26,39-42,45-50H2,1-2H3,(H,87,103)(H,88,104)(H,91,107)(H,92,108)(H,93,105)(H,94,106)(H,95,111)(H,96,112)(H,97,109)(H,98,110)(H4,83,84,89)(H4,85,86,90)/t61-,62-,63-,64-,65+,66+,67+,68+/m0/s1. The first-order valence-electron chi connectivity index (χ1n) is 38.9. The lowest BCUT2D eigenvalue weighted by atomic mass is 10.00. The highest BCUT2D eigenvalue weighted by Crippen LogP contribution is 2.23. The normalized spacial score (nSPS) is 19.8. The molecule has 2 saturated heterocycles. The van der Waals surface area contributed by atoms with Crippen LogP contribution in [-0.4, -0.2) is 205 Å². The highest BCUT2D eigenvalue weighted by atomic mass is 16.3. The van der Waals surface area contributed by atoms with Crippen molar-refractivity contribution in [1.82, 2.24) is 73.6 Å². The predicted molar refractivity (Wildman–Crippen MR) is 429 cm³/mol. The number of hydrogen-bond donors (Lipinski definition) is 18. The van der Waals surface area contributed by atoms with Gasteiger partial charge in [0.05, 0.1) is 13.1 Å². The predicted octanol–water partition coefficient (Wildman–Crippen LogP) is 1.94. The van der Waals surface area contributed by atoms with E-state index in [4.69, 9.17) is 22.3 Å². The molecular weight excluding hydrogens is 1460 g/mol. The minimum atomic E-state index is -1.27. The Hall–Kier alpha value is -12.4. The maximum atomic E-state index is 14.7. The number of aromatic hydroxyl groups is 2. The first-order valence-corrected chi connectivity index (χ1v) is 38.9. The van der Waals surface area contributed by atoms with Crippen molar-refractivity contribution in [3.05, 3.63) is 156 Å². The number of nitrogens with one attached hydrogen (secondary N) is 14. The van der Waals surface area contributed by atoms with Crippen molar-refractivity contribution in [1.29, 1.82) is 10.8 Å². The number of carbonyl (C=O) groups excluding carboxylic acids is 12. The van der Waals surface area contributed by atoms with Gasteiger partial charge in [0.1, 0.15) is 59.8 Å². The number of hydrogen-bond acceptors (Lipinski definition) is 16. The zero-order valence-corrected chi connectivity index (χ0v) is 64.5. The van der Waals surface area contributed by atoms with E-state index in [0.717, 1.165) is 34.4 Å². The van der Waals surface area contributed by atoms with Crippen molar-refractivity contribution in [3.8, 4) is 11.5 Å². The van der Waals surface area contributed by atoms with Gasteiger partial charge in [-0.25, -0.2) is 0 Å². The molecule has 0 radical (unpaired) electrons. The molecule has 6 aromatic rings. The lowest BCUT2D eigenvalue weighted by Crippen LogP contribution is -2.58. The topological polar surface area (TPSA) is 496 Å². The summed E-state index contributed by atoms with van der Waals surface area (Å²) in [5.41, 5.74) is 13.6. The maximum absolute atomic E-state index is 14.7. The zero-order valence-electron chi connectivity index (χ0n) is 64.5. The van der Waals surface area contributed by atoms with Crippen molar-refractivity contribution >= 4 is 104 Å². The van der Waals surface area contributed by atoms with E-state index in [2.05, 4.69) is 63.8 Å². The lowest BCUT2D eigenvalue weighted by Gasteiger charge is -2.32. The van der Waals surface area contributed by atoms with Crippen LogP contribution in [0.3, 0.4) is 0 Å². The van der Waals surface area contributed by atoms with Crippen LogP contribution in [0, 0.1) is 10.8 Å². The molecule has 0 bridgehead atoms. The smallest absolute Gasteiger partial charge is 0.245 e. The van der Waals surface area contributed by atoms with Crippen molar-refractivity contribution in [2.75, 3.05) is 53.4 Å². The zero-order chi connectivity index (χ0) is 82.1. The number of unbranched alkanes of at least 4 members (excludes halogenated alkanes) is 5. The average Bonchev–Trinajstić information content (AvgIpc) is 1.12. The van der Waals surface area contributed by atoms with E-state index in [1.54, 1.807) is 24.3 Å². The van der Waals surface area contributed by atoms with Gasteiger partial charge in [-0.05, 0) is 132 Å². The van der Waals surface area contributed by atoms with Crippen molar-refractivity contribution < 1.29 is 67.7 Å². The Morgan fingerprint density at radius 1 is 0.377 bits per heavy atom. The number of nitrogens with two attached hydrogens (primary N) is 2. The van der Waals surface area contributed by atoms with Gasteiger partial charge in [-0.1, -0.05) is 135 Å². The summed E-state index contributed by atoms with van der Waals surface area (Å²) in [6, 6.07) is 28.5. The van der Waals surface area contributed by atoms with Crippen LogP contribution >= 0.6 is 0 Å². The summed E-state index contributed by atoms with van der Waals surface area (Å²) in [7, 11) is 2.81. The Balaban J connectivity index is 0.834. The molecule has 0 aromatic heterocycles. The summed E-state index contributed by atoms with van der Waals surface area (Å²) >= 11 is 0. The van der Waals surface area contributed by atoms with Crippen LogP contribution in [0.25, 0.3) is 21.5 Å². The minimum Gasteiger partial charge on any atom is -0.508 e. The molecule has 2 heterocycles. The van der Waals surface area contributed by atoms with Gasteiger partial charge in [0, 0.05) is 78.8 Å². The summed E-state index contributed by atoms with van der Waals surface area (Å²) < 4.78 is 0. The molecule has 2 fully saturated rings. The third kappa shape index (κ3) is 28.4. The van der Waals surface area contributed by atoms with Crippen LogP contribution in [0.1, 0.15) is 125 Å². The van der Waals surface area contributed by atoms with E-state index in [-0.39, 0.29) is 151 Å². The summed E-state index contributed by atoms with van der Waals surface area (Å²) in [5.74, 6) is -8.22. The number of benzene rings is 6. The Morgan fingerprint density at radius 2 is 0.702 bits per heavy atom. The lowest BCUT2D eigenvalue weighted by molar-refractivity contribution is -0.142. The Morgan fingerprint density at radius 3 is 1.08 bits per heavy atom. The number of amides is 12. The molecule has 8 rings (SSSR count). The third-order valence-corrected chi connectivity index (χ3v) is 20.1. The van der Waals surface area contributed by atoms with Gasteiger partial charge in [0.25, 0.3) is 0 Å². The van der Waals surface area contributed by atoms with E-state index in [1.165, 1.54) is 48.2 Å². The number of guanidine groups is 2. The first kappa shape index (κ1) is 87.2. The van der Waals surface area contributed by atoms with Crippen molar-refractivity contribution in [2.45, 2.75) is 177 Å². The highest BCUT2D eigenvalue weighted by molar-refractivity contribution is 5.99. The van der Waals surface area contributed by atoms with E-state index in [9.17, 15) is 67.7 Å². The quantitative estimate of drug-likeness (QED) is 0.0159. The van der Waals surface area contributed by atoms with Gasteiger partial charge >= 0.3 is 0 Å². The Bertz CT molecular complexity index is 4080. The summed E-state index contributed by atoms with van der Waals surface area (Å²) in [4.78, 5) is 172. The molecule has 8 atom stereocenters. The molecule has 32 heteroatoms. The number of phenolic OH excluding ortho intramolecular Hbond substituents is 2. The van der Waals surface area contributed by atoms with E-state index < -0.39 is 120 Å². The van der Waals surface area contributed by atoms with E-state index in [1.807, 2.05) is 84.9 Å². The molecule has 12 amide bonds. The van der Waals surface area contributed by atoms with E-state index >= 15 is 0 Å². The third-order valence-electron chi connectivity index (χ3n) is 20.1. The van der Waals surface area contributed by atoms with Crippen LogP contribution in [0.2, 0.25) is 0 Å². The fourth-order valence-electron chi connectivity index (χ4n) is 13.8. The van der Waals surface area contributed by atoms with Gasteiger partial charge in [-0.2, -0.15) is 0 Å². The maximum Gasteiger partial charge on any atom is 0.245 e. The number of carbonyl (C=O) groups is 12. The molecule has 0 saturated carbocycles. The molecule has 32 nitrogen and oxygen atoms in total.